The molecule has 1 heterocycles. The highest BCUT2D eigenvalue weighted by molar-refractivity contribution is 7.89. The number of rotatable bonds is 7. The number of nitrogens with zero attached hydrogens (tertiary/aromatic N) is 3. The SMILES string of the molecule is CN(Cc1ccccc1OC(F)(F)F)C(=O)CN(C)S(=O)(=O)c1cccnc1. The summed E-state index contributed by atoms with van der Waals surface area (Å²) >= 11 is 0. The summed E-state index contributed by atoms with van der Waals surface area (Å²) in [7, 11) is -1.33. The van der Waals surface area contributed by atoms with Gasteiger partial charge in [-0.05, 0) is 18.2 Å². The molecular formula is C17H18F3N3O4S. The van der Waals surface area contributed by atoms with E-state index in [1.807, 2.05) is 0 Å². The quantitative estimate of drug-likeness (QED) is 0.691. The summed E-state index contributed by atoms with van der Waals surface area (Å²) in [4.78, 5) is 17.2. The first-order valence-corrected chi connectivity index (χ1v) is 9.38. The molecule has 1 aromatic carbocycles. The number of sulfonamides is 1. The minimum atomic E-state index is -4.86. The number of hydrogen-bond acceptors (Lipinski definition) is 5. The number of ether oxygens (including phenoxy) is 1. The predicted molar refractivity (Wildman–Crippen MR) is 93.7 cm³/mol. The summed E-state index contributed by atoms with van der Waals surface area (Å²) in [5.41, 5.74) is 0.133. The van der Waals surface area contributed by atoms with E-state index in [1.54, 1.807) is 0 Å². The second-order valence-electron chi connectivity index (χ2n) is 5.86. The van der Waals surface area contributed by atoms with Crippen molar-refractivity contribution in [3.8, 4) is 5.75 Å². The molecule has 0 N–H and O–H groups in total. The summed E-state index contributed by atoms with van der Waals surface area (Å²) in [6.45, 7) is -0.679. The summed E-state index contributed by atoms with van der Waals surface area (Å²) in [5.74, 6) is -1.03. The molecule has 0 aliphatic rings. The molecule has 28 heavy (non-hydrogen) atoms. The Labute approximate surface area is 160 Å². The molecule has 0 fully saturated rings. The van der Waals surface area contributed by atoms with Gasteiger partial charge in [0.15, 0.2) is 0 Å². The van der Waals surface area contributed by atoms with Crippen LogP contribution in [0, 0.1) is 0 Å². The van der Waals surface area contributed by atoms with E-state index in [4.69, 9.17) is 0 Å². The van der Waals surface area contributed by atoms with Crippen molar-refractivity contribution in [1.82, 2.24) is 14.2 Å². The first-order chi connectivity index (χ1) is 13.0. The molecule has 0 saturated carbocycles. The molecule has 2 rings (SSSR count). The van der Waals surface area contributed by atoms with Crippen LogP contribution in [-0.2, 0) is 21.4 Å². The van der Waals surface area contributed by atoms with Gasteiger partial charge in [0.2, 0.25) is 15.9 Å². The van der Waals surface area contributed by atoms with Crippen molar-refractivity contribution in [3.63, 3.8) is 0 Å². The van der Waals surface area contributed by atoms with Gasteiger partial charge >= 0.3 is 6.36 Å². The van der Waals surface area contributed by atoms with Gasteiger partial charge in [-0.15, -0.1) is 13.2 Å². The van der Waals surface area contributed by atoms with Crippen LogP contribution in [0.15, 0.2) is 53.7 Å². The van der Waals surface area contributed by atoms with Crippen LogP contribution in [0.3, 0.4) is 0 Å². The molecule has 0 unspecified atom stereocenters. The zero-order chi connectivity index (χ0) is 20.9. The molecule has 1 amide bonds. The third kappa shape index (κ3) is 5.67. The van der Waals surface area contributed by atoms with Crippen LogP contribution in [0.4, 0.5) is 13.2 Å². The number of amides is 1. The standard InChI is InChI=1S/C17H18F3N3O4S/c1-22(11-13-6-3-4-8-15(13)27-17(18,19)20)16(24)12-23(2)28(25,26)14-7-5-9-21-10-14/h3-10H,11-12H2,1-2H3. The zero-order valence-corrected chi connectivity index (χ0v) is 15.9. The lowest BCUT2D eigenvalue weighted by Gasteiger charge is -2.23. The second-order valence-corrected chi connectivity index (χ2v) is 7.90. The Morgan fingerprint density at radius 2 is 1.82 bits per heavy atom. The normalized spacial score (nSPS) is 12.1. The van der Waals surface area contributed by atoms with Crippen LogP contribution in [0.5, 0.6) is 5.75 Å². The highest BCUT2D eigenvalue weighted by Gasteiger charge is 2.32. The lowest BCUT2D eigenvalue weighted by atomic mass is 10.2. The number of alkyl halides is 3. The van der Waals surface area contributed by atoms with Crippen LogP contribution in [0.25, 0.3) is 0 Å². The van der Waals surface area contributed by atoms with E-state index in [0.717, 1.165) is 21.5 Å². The minimum absolute atomic E-state index is 0.0723. The third-order valence-corrected chi connectivity index (χ3v) is 5.52. The Kier molecular flexibility index (Phi) is 6.62. The van der Waals surface area contributed by atoms with Crippen LogP contribution in [0.1, 0.15) is 5.56 Å². The van der Waals surface area contributed by atoms with E-state index in [9.17, 15) is 26.4 Å². The Morgan fingerprint density at radius 3 is 2.43 bits per heavy atom. The van der Waals surface area contributed by atoms with Crippen LogP contribution in [-0.4, -0.2) is 55.5 Å². The van der Waals surface area contributed by atoms with Gasteiger partial charge in [0, 0.05) is 38.6 Å². The van der Waals surface area contributed by atoms with Gasteiger partial charge in [-0.3, -0.25) is 9.78 Å². The fraction of sp³-hybridized carbons (Fsp3) is 0.294. The number of pyridine rings is 1. The van der Waals surface area contributed by atoms with Crippen molar-refractivity contribution in [3.05, 3.63) is 54.4 Å². The average Bonchev–Trinajstić information content (AvgIpc) is 2.62. The van der Waals surface area contributed by atoms with Gasteiger partial charge in [0.05, 0.1) is 6.54 Å². The molecule has 0 bridgehead atoms. The van der Waals surface area contributed by atoms with Crippen LogP contribution < -0.4 is 4.74 Å². The number of para-hydroxylation sites is 1. The number of carbonyl (C=O) groups is 1. The number of carbonyl (C=O) groups excluding carboxylic acids is 1. The molecule has 11 heteroatoms. The molecule has 0 atom stereocenters. The Balaban J connectivity index is 2.08. The summed E-state index contributed by atoms with van der Waals surface area (Å²) in [5, 5.41) is 0. The summed E-state index contributed by atoms with van der Waals surface area (Å²) in [6, 6.07) is 8.21. The Morgan fingerprint density at radius 1 is 1.14 bits per heavy atom. The third-order valence-electron chi connectivity index (χ3n) is 3.73. The highest BCUT2D eigenvalue weighted by atomic mass is 32.2. The fourth-order valence-corrected chi connectivity index (χ4v) is 3.36. The number of benzene rings is 1. The summed E-state index contributed by atoms with van der Waals surface area (Å²) in [6.07, 6.45) is -2.29. The van der Waals surface area contributed by atoms with Gasteiger partial charge < -0.3 is 9.64 Å². The number of hydrogen-bond donors (Lipinski definition) is 0. The molecule has 0 spiro atoms. The lowest BCUT2D eigenvalue weighted by molar-refractivity contribution is -0.275. The number of aromatic nitrogens is 1. The molecule has 0 aliphatic heterocycles. The maximum atomic E-state index is 12.5. The summed E-state index contributed by atoms with van der Waals surface area (Å²) < 4.78 is 67.2. The highest BCUT2D eigenvalue weighted by Crippen LogP contribution is 2.27. The average molecular weight is 417 g/mol. The van der Waals surface area contributed by atoms with E-state index >= 15 is 0 Å². The van der Waals surface area contributed by atoms with Crippen LogP contribution in [0.2, 0.25) is 0 Å². The molecule has 0 radical (unpaired) electrons. The van der Waals surface area contributed by atoms with Crippen molar-refractivity contribution >= 4 is 15.9 Å². The van der Waals surface area contributed by atoms with E-state index in [0.29, 0.717) is 0 Å². The topological polar surface area (TPSA) is 79.8 Å². The largest absolute Gasteiger partial charge is 0.573 e. The maximum Gasteiger partial charge on any atom is 0.573 e. The molecule has 1 aromatic heterocycles. The molecule has 2 aromatic rings. The van der Waals surface area contributed by atoms with Crippen molar-refractivity contribution < 1.29 is 31.1 Å². The van der Waals surface area contributed by atoms with Crippen molar-refractivity contribution in [2.24, 2.45) is 0 Å². The van der Waals surface area contributed by atoms with Gasteiger partial charge in [-0.25, -0.2) is 8.42 Å². The van der Waals surface area contributed by atoms with Crippen molar-refractivity contribution in [1.29, 1.82) is 0 Å². The monoisotopic (exact) mass is 417 g/mol. The van der Waals surface area contributed by atoms with Gasteiger partial charge in [-0.2, -0.15) is 4.31 Å². The van der Waals surface area contributed by atoms with Crippen molar-refractivity contribution in [2.75, 3.05) is 20.6 Å². The molecule has 0 saturated heterocycles. The first kappa shape index (κ1) is 21.6. The lowest BCUT2D eigenvalue weighted by Crippen LogP contribution is -2.39. The first-order valence-electron chi connectivity index (χ1n) is 7.94. The molecule has 0 aliphatic carbocycles. The van der Waals surface area contributed by atoms with Gasteiger partial charge in [0.1, 0.15) is 10.6 Å². The van der Waals surface area contributed by atoms with Gasteiger partial charge in [0.25, 0.3) is 0 Å². The predicted octanol–water partition coefficient (Wildman–Crippen LogP) is 2.26. The molecule has 152 valence electrons. The number of halogens is 3. The number of likely N-dealkylation sites (N-methyl/N-ethyl adjacent to an activating group) is 2. The van der Waals surface area contributed by atoms with Crippen molar-refractivity contribution in [2.45, 2.75) is 17.8 Å². The molecule has 7 nitrogen and oxygen atoms in total. The van der Waals surface area contributed by atoms with Gasteiger partial charge in [-0.1, -0.05) is 18.2 Å². The second kappa shape index (κ2) is 8.57. The smallest absolute Gasteiger partial charge is 0.405 e. The Bertz CT molecular complexity index is 921. The van der Waals surface area contributed by atoms with E-state index in [1.165, 1.54) is 50.6 Å². The Hall–Kier alpha value is -2.66. The maximum absolute atomic E-state index is 12.5. The van der Waals surface area contributed by atoms with E-state index in [-0.39, 0.29) is 17.0 Å². The molecular weight excluding hydrogens is 399 g/mol. The fourth-order valence-electron chi connectivity index (χ4n) is 2.28. The van der Waals surface area contributed by atoms with Crippen LogP contribution >= 0.6 is 0 Å². The zero-order valence-electron chi connectivity index (χ0n) is 15.0. The minimum Gasteiger partial charge on any atom is -0.405 e. The van der Waals surface area contributed by atoms with E-state index in [2.05, 4.69) is 9.72 Å². The van der Waals surface area contributed by atoms with E-state index < -0.39 is 34.6 Å².